The SMILES string of the molecule is CCOc1cc(C=NNc2nc(=S)[nH][nH]2)ccc1O. The lowest BCUT2D eigenvalue weighted by molar-refractivity contribution is 0.318. The summed E-state index contributed by atoms with van der Waals surface area (Å²) in [4.78, 5) is 3.92. The molecule has 0 saturated heterocycles. The third-order valence-corrected chi connectivity index (χ3v) is 2.36. The van der Waals surface area contributed by atoms with Crippen LogP contribution in [-0.4, -0.2) is 33.1 Å². The molecule has 0 saturated carbocycles. The highest BCUT2D eigenvalue weighted by Gasteiger charge is 2.01. The number of ether oxygens (including phenoxy) is 1. The van der Waals surface area contributed by atoms with Crippen molar-refractivity contribution in [3.8, 4) is 11.5 Å². The van der Waals surface area contributed by atoms with Crippen LogP contribution >= 0.6 is 12.2 Å². The summed E-state index contributed by atoms with van der Waals surface area (Å²) in [5.41, 5.74) is 3.46. The average Bonchev–Trinajstić information content (AvgIpc) is 2.79. The van der Waals surface area contributed by atoms with Crippen LogP contribution in [0.25, 0.3) is 0 Å². The van der Waals surface area contributed by atoms with Crippen molar-refractivity contribution in [1.82, 2.24) is 15.2 Å². The number of benzene rings is 1. The number of anilines is 1. The van der Waals surface area contributed by atoms with Gasteiger partial charge in [-0.3, -0.25) is 10.2 Å². The van der Waals surface area contributed by atoms with Gasteiger partial charge in [0.25, 0.3) is 0 Å². The van der Waals surface area contributed by atoms with E-state index in [4.69, 9.17) is 17.0 Å². The molecule has 0 amide bonds. The predicted octanol–water partition coefficient (Wildman–Crippen LogP) is 2.02. The molecule has 4 N–H and O–H groups in total. The second kappa shape index (κ2) is 6.01. The van der Waals surface area contributed by atoms with Crippen molar-refractivity contribution >= 4 is 24.4 Å². The van der Waals surface area contributed by atoms with E-state index in [-0.39, 0.29) is 5.75 Å². The number of aromatic nitrogens is 3. The molecule has 0 aliphatic carbocycles. The second-order valence-corrected chi connectivity index (χ2v) is 3.93. The van der Waals surface area contributed by atoms with E-state index in [2.05, 4.69) is 25.7 Å². The van der Waals surface area contributed by atoms with Gasteiger partial charge in [0, 0.05) is 0 Å². The third kappa shape index (κ3) is 3.55. The van der Waals surface area contributed by atoms with Gasteiger partial charge >= 0.3 is 0 Å². The van der Waals surface area contributed by atoms with Crippen LogP contribution in [-0.2, 0) is 0 Å². The summed E-state index contributed by atoms with van der Waals surface area (Å²) >= 11 is 4.80. The second-order valence-electron chi connectivity index (χ2n) is 3.55. The molecule has 0 unspecified atom stereocenters. The minimum Gasteiger partial charge on any atom is -0.504 e. The van der Waals surface area contributed by atoms with Crippen LogP contribution in [0.3, 0.4) is 0 Å². The van der Waals surface area contributed by atoms with Crippen molar-refractivity contribution in [3.05, 3.63) is 28.5 Å². The summed E-state index contributed by atoms with van der Waals surface area (Å²) in [6, 6.07) is 4.96. The molecule has 19 heavy (non-hydrogen) atoms. The summed E-state index contributed by atoms with van der Waals surface area (Å²) in [5, 5.41) is 18.9. The molecule has 0 bridgehead atoms. The smallest absolute Gasteiger partial charge is 0.238 e. The lowest BCUT2D eigenvalue weighted by Crippen LogP contribution is -1.95. The van der Waals surface area contributed by atoms with Gasteiger partial charge in [-0.15, -0.1) is 0 Å². The molecule has 0 spiro atoms. The number of H-pyrrole nitrogens is 2. The highest BCUT2D eigenvalue weighted by molar-refractivity contribution is 7.71. The summed E-state index contributed by atoms with van der Waals surface area (Å²) in [6.45, 7) is 2.33. The first kappa shape index (κ1) is 13.1. The first-order valence-electron chi connectivity index (χ1n) is 5.58. The molecule has 0 aliphatic rings. The molecule has 7 nitrogen and oxygen atoms in total. The van der Waals surface area contributed by atoms with Crippen molar-refractivity contribution in [2.45, 2.75) is 6.92 Å². The largest absolute Gasteiger partial charge is 0.504 e. The Labute approximate surface area is 114 Å². The zero-order valence-electron chi connectivity index (χ0n) is 10.2. The van der Waals surface area contributed by atoms with Crippen LogP contribution in [0.4, 0.5) is 5.95 Å². The lowest BCUT2D eigenvalue weighted by Gasteiger charge is -2.05. The molecule has 2 rings (SSSR count). The number of aromatic hydroxyl groups is 1. The van der Waals surface area contributed by atoms with E-state index in [1.165, 1.54) is 0 Å². The van der Waals surface area contributed by atoms with Crippen LogP contribution in [0.5, 0.6) is 11.5 Å². The fourth-order valence-corrected chi connectivity index (χ4v) is 1.52. The van der Waals surface area contributed by atoms with E-state index in [9.17, 15) is 5.11 Å². The molecule has 0 fully saturated rings. The highest BCUT2D eigenvalue weighted by atomic mass is 32.1. The standard InChI is InChI=1S/C11H13N5O2S/c1-2-18-9-5-7(3-4-8(9)17)6-12-14-10-13-11(19)16-15-10/h3-6,17H,2H2,1H3,(H3,13,14,15,16,19). The van der Waals surface area contributed by atoms with E-state index in [0.717, 1.165) is 5.56 Å². The highest BCUT2D eigenvalue weighted by Crippen LogP contribution is 2.26. The fourth-order valence-electron chi connectivity index (χ4n) is 1.37. The van der Waals surface area contributed by atoms with Crippen molar-refractivity contribution in [2.24, 2.45) is 5.10 Å². The Morgan fingerprint density at radius 2 is 2.37 bits per heavy atom. The molecule has 100 valence electrons. The Kier molecular flexibility index (Phi) is 4.14. The van der Waals surface area contributed by atoms with E-state index in [1.54, 1.807) is 24.4 Å². The number of hydrazone groups is 1. The average molecular weight is 279 g/mol. The zero-order valence-corrected chi connectivity index (χ0v) is 11.0. The van der Waals surface area contributed by atoms with E-state index in [1.807, 2.05) is 6.92 Å². The lowest BCUT2D eigenvalue weighted by atomic mass is 10.2. The van der Waals surface area contributed by atoms with E-state index >= 15 is 0 Å². The van der Waals surface area contributed by atoms with Gasteiger partial charge in [0.05, 0.1) is 12.8 Å². The predicted molar refractivity (Wildman–Crippen MR) is 74.3 cm³/mol. The van der Waals surface area contributed by atoms with Gasteiger partial charge < -0.3 is 9.84 Å². The number of hydrogen-bond acceptors (Lipinski definition) is 6. The Hall–Kier alpha value is -2.35. The first-order valence-corrected chi connectivity index (χ1v) is 5.99. The molecular formula is C11H13N5O2S. The topological polar surface area (TPSA) is 98.3 Å². The van der Waals surface area contributed by atoms with Crippen LogP contribution < -0.4 is 10.2 Å². The Morgan fingerprint density at radius 3 is 3.05 bits per heavy atom. The summed E-state index contributed by atoms with van der Waals surface area (Å²) in [5.74, 6) is 0.944. The Morgan fingerprint density at radius 1 is 1.53 bits per heavy atom. The minimum atomic E-state index is 0.100. The van der Waals surface area contributed by atoms with Gasteiger partial charge in [-0.2, -0.15) is 10.1 Å². The molecule has 8 heteroatoms. The van der Waals surface area contributed by atoms with Gasteiger partial charge in [-0.05, 0) is 42.9 Å². The van der Waals surface area contributed by atoms with Gasteiger partial charge in [0.2, 0.25) is 10.7 Å². The molecule has 2 aromatic rings. The number of phenols is 1. The van der Waals surface area contributed by atoms with Gasteiger partial charge in [-0.1, -0.05) is 0 Å². The van der Waals surface area contributed by atoms with Crippen LogP contribution in [0.1, 0.15) is 12.5 Å². The monoisotopic (exact) mass is 279 g/mol. The number of nitrogens with zero attached hydrogens (tertiary/aromatic N) is 2. The van der Waals surface area contributed by atoms with Gasteiger partial charge in [-0.25, -0.2) is 5.43 Å². The van der Waals surface area contributed by atoms with Crippen LogP contribution in [0.2, 0.25) is 0 Å². The summed E-state index contributed by atoms with van der Waals surface area (Å²) in [7, 11) is 0. The first-order chi connectivity index (χ1) is 9.19. The van der Waals surface area contributed by atoms with Gasteiger partial charge in [0.1, 0.15) is 0 Å². The Balaban J connectivity index is 2.06. The molecule has 1 heterocycles. The van der Waals surface area contributed by atoms with Crippen molar-refractivity contribution < 1.29 is 9.84 Å². The van der Waals surface area contributed by atoms with Crippen molar-refractivity contribution in [1.29, 1.82) is 0 Å². The molecule has 0 atom stereocenters. The number of nitrogens with one attached hydrogen (secondary N) is 3. The molecule has 1 aromatic heterocycles. The van der Waals surface area contributed by atoms with Crippen LogP contribution in [0.15, 0.2) is 23.3 Å². The van der Waals surface area contributed by atoms with E-state index in [0.29, 0.717) is 23.1 Å². The van der Waals surface area contributed by atoms with Gasteiger partial charge in [0.15, 0.2) is 11.5 Å². The maximum atomic E-state index is 9.56. The number of aromatic amines is 2. The molecular weight excluding hydrogens is 266 g/mol. The number of hydrogen-bond donors (Lipinski definition) is 4. The quantitative estimate of drug-likeness (QED) is 0.381. The maximum absolute atomic E-state index is 9.56. The Bertz CT molecular complexity index is 634. The summed E-state index contributed by atoms with van der Waals surface area (Å²) in [6.07, 6.45) is 1.58. The number of rotatable bonds is 5. The minimum absolute atomic E-state index is 0.100. The number of phenolic OH excluding ortho intramolecular Hbond substituents is 1. The normalized spacial score (nSPS) is 10.8. The fraction of sp³-hybridized carbons (Fsp3) is 0.182. The molecule has 1 aromatic carbocycles. The van der Waals surface area contributed by atoms with E-state index < -0.39 is 0 Å². The maximum Gasteiger partial charge on any atom is 0.238 e. The summed E-state index contributed by atoms with van der Waals surface area (Å²) < 4.78 is 5.62. The molecule has 0 radical (unpaired) electrons. The van der Waals surface area contributed by atoms with Crippen molar-refractivity contribution in [2.75, 3.05) is 12.0 Å². The third-order valence-electron chi connectivity index (χ3n) is 2.17. The van der Waals surface area contributed by atoms with Crippen molar-refractivity contribution in [3.63, 3.8) is 0 Å². The van der Waals surface area contributed by atoms with Crippen LogP contribution in [0, 0.1) is 4.77 Å². The molecule has 0 aliphatic heterocycles. The zero-order chi connectivity index (χ0) is 13.7.